The molecule has 4 aliphatic rings. The number of fused-ring (bicyclic) bond motifs is 3. The van der Waals surface area contributed by atoms with Crippen molar-refractivity contribution in [3.8, 4) is 11.6 Å². The number of alkyl halides is 1. The molecule has 0 bridgehead atoms. The van der Waals surface area contributed by atoms with Crippen LogP contribution in [0.3, 0.4) is 0 Å². The van der Waals surface area contributed by atoms with Crippen molar-refractivity contribution >= 4 is 50.4 Å². The number of hydrogen-bond acceptors (Lipinski definition) is 10. The number of allylic oxidation sites excluding steroid dienone is 1. The number of aromatic nitrogens is 1. The van der Waals surface area contributed by atoms with E-state index in [0.29, 0.717) is 36.2 Å². The Bertz CT molecular complexity index is 1960. The van der Waals surface area contributed by atoms with E-state index in [1.54, 1.807) is 37.1 Å². The lowest BCUT2D eigenvalue weighted by Gasteiger charge is -2.32. The second kappa shape index (κ2) is 14.9. The molecule has 4 N–H and O–H groups in total. The number of benzene rings is 1. The van der Waals surface area contributed by atoms with E-state index in [1.165, 1.54) is 4.90 Å². The number of hydrogen-bond donors (Lipinski definition) is 4. The second-order valence-corrected chi connectivity index (χ2v) is 17.6. The van der Waals surface area contributed by atoms with Gasteiger partial charge in [-0.2, -0.15) is 4.98 Å². The van der Waals surface area contributed by atoms with E-state index in [1.807, 2.05) is 39.2 Å². The zero-order valence-corrected chi connectivity index (χ0v) is 31.9. The summed E-state index contributed by atoms with van der Waals surface area (Å²) in [5, 5.41) is 16.4. The first kappa shape index (κ1) is 39.0. The van der Waals surface area contributed by atoms with Crippen LogP contribution in [0, 0.1) is 17.8 Å². The molecule has 0 radical (unpaired) electrons. The van der Waals surface area contributed by atoms with Crippen LogP contribution in [0.1, 0.15) is 58.8 Å². The summed E-state index contributed by atoms with van der Waals surface area (Å²) in [6.45, 7) is 2.54. The monoisotopic (exact) mass is 772 g/mol. The predicted molar refractivity (Wildman–Crippen MR) is 197 cm³/mol. The average molecular weight is 773 g/mol. The Morgan fingerprint density at radius 1 is 1.17 bits per heavy atom. The quantitative estimate of drug-likeness (QED) is 0.274. The van der Waals surface area contributed by atoms with E-state index in [-0.39, 0.29) is 44.0 Å². The summed E-state index contributed by atoms with van der Waals surface area (Å²) in [7, 11) is 0.813. The first-order valence-electron chi connectivity index (χ1n) is 18.3. The minimum absolute atomic E-state index is 0.0465. The number of carboxylic acid groups (broad SMARTS) is 1. The Balaban J connectivity index is 1.36. The van der Waals surface area contributed by atoms with Crippen LogP contribution in [0.15, 0.2) is 36.4 Å². The summed E-state index contributed by atoms with van der Waals surface area (Å²) >= 11 is 0. The molecule has 1 aromatic heterocycles. The van der Waals surface area contributed by atoms with Gasteiger partial charge in [-0.25, -0.2) is 17.6 Å². The number of carbonyl (C=O) groups is 4. The van der Waals surface area contributed by atoms with Gasteiger partial charge in [0, 0.05) is 31.8 Å². The number of carbonyl (C=O) groups excluding carboxylic acids is 3. The van der Waals surface area contributed by atoms with Gasteiger partial charge in [0.05, 0.1) is 13.7 Å². The molecule has 4 amide bonds. The molecule has 2 aliphatic heterocycles. The van der Waals surface area contributed by atoms with Crippen molar-refractivity contribution < 1.29 is 46.6 Å². The van der Waals surface area contributed by atoms with Gasteiger partial charge < -0.3 is 35.0 Å². The van der Waals surface area contributed by atoms with Crippen LogP contribution < -0.4 is 29.7 Å². The van der Waals surface area contributed by atoms with Gasteiger partial charge in [-0.15, -0.1) is 0 Å². The number of halogens is 1. The van der Waals surface area contributed by atoms with Crippen LogP contribution in [0.2, 0.25) is 0 Å². The minimum Gasteiger partial charge on any atom is -0.497 e. The molecule has 7 atom stereocenters. The highest BCUT2D eigenvalue weighted by atomic mass is 32.2. The molecular weight excluding hydrogens is 724 g/mol. The standard InChI is InChI=1S/C37H49FN6O9S/c1-21-8-6-7-9-24-18-37(24,34(47)42-54(50,51)36(20-38)12-13-36)41-31(45)28-17-26(19-44(28)33(46)30(22(2)14-21)40-35(48)49)53-32-27-11-10-25(52-5)15-23(27)16-29(39-32)43(3)4/h7,9-11,15-16,21-22,24,26,28,30,40H,6,8,12-14,17-20H2,1-5H3,(H,41,45)(H,42,47)(H,48,49)/t21-,22-,24-,26-,28+,30+,37-/m1/s1. The maximum atomic E-state index is 14.5. The van der Waals surface area contributed by atoms with Crippen LogP contribution in [-0.2, 0) is 24.4 Å². The number of nitrogens with zero attached hydrogens (tertiary/aromatic N) is 3. The average Bonchev–Trinajstić information content (AvgIpc) is 4.02. The molecule has 15 nitrogen and oxygen atoms in total. The number of methoxy groups -OCH3 is 1. The number of ether oxygens (including phenoxy) is 2. The topological polar surface area (TPSA) is 197 Å². The Morgan fingerprint density at radius 3 is 2.56 bits per heavy atom. The number of amides is 4. The second-order valence-electron chi connectivity index (χ2n) is 15.5. The van der Waals surface area contributed by atoms with Gasteiger partial charge in [-0.05, 0) is 80.0 Å². The molecule has 0 unspecified atom stereocenters. The van der Waals surface area contributed by atoms with Crippen LogP contribution in [0.25, 0.3) is 10.8 Å². The summed E-state index contributed by atoms with van der Waals surface area (Å²) in [6, 6.07) is 4.83. The molecule has 294 valence electrons. The van der Waals surface area contributed by atoms with E-state index in [0.717, 1.165) is 5.39 Å². The number of rotatable bonds is 9. The van der Waals surface area contributed by atoms with Gasteiger partial charge >= 0.3 is 6.09 Å². The third kappa shape index (κ3) is 7.64. The summed E-state index contributed by atoms with van der Waals surface area (Å²) in [5.41, 5.74) is -1.67. The minimum atomic E-state index is -4.39. The Morgan fingerprint density at radius 2 is 1.91 bits per heavy atom. The highest BCUT2D eigenvalue weighted by Crippen LogP contribution is 2.48. The Kier molecular flexibility index (Phi) is 10.7. The fourth-order valence-corrected chi connectivity index (χ4v) is 9.10. The smallest absolute Gasteiger partial charge is 0.405 e. The van der Waals surface area contributed by atoms with Crippen LogP contribution in [-0.4, -0.2) is 110 Å². The summed E-state index contributed by atoms with van der Waals surface area (Å²) in [6.07, 6.45) is 3.47. The molecule has 0 spiro atoms. The van der Waals surface area contributed by atoms with Crippen molar-refractivity contribution in [3.63, 3.8) is 0 Å². The molecular formula is C37H49FN6O9S. The summed E-state index contributed by atoms with van der Waals surface area (Å²) in [5.74, 6) is -1.81. The van der Waals surface area contributed by atoms with Crippen molar-refractivity contribution in [2.75, 3.05) is 39.3 Å². The molecule has 3 fully saturated rings. The van der Waals surface area contributed by atoms with E-state index in [9.17, 15) is 37.1 Å². The largest absolute Gasteiger partial charge is 0.497 e. The van der Waals surface area contributed by atoms with Gasteiger partial charge in [0.25, 0.3) is 5.91 Å². The third-order valence-corrected chi connectivity index (χ3v) is 13.4. The number of anilines is 1. The zero-order valence-electron chi connectivity index (χ0n) is 31.1. The van der Waals surface area contributed by atoms with Crippen LogP contribution in [0.5, 0.6) is 11.6 Å². The molecule has 1 aromatic carbocycles. The van der Waals surface area contributed by atoms with Gasteiger partial charge in [-0.3, -0.25) is 19.1 Å². The number of nitrogens with one attached hydrogen (secondary N) is 3. The molecule has 2 aliphatic carbocycles. The molecule has 17 heteroatoms. The van der Waals surface area contributed by atoms with E-state index in [4.69, 9.17) is 14.5 Å². The number of pyridine rings is 1. The first-order valence-corrected chi connectivity index (χ1v) is 19.8. The van der Waals surface area contributed by atoms with Crippen molar-refractivity contribution in [3.05, 3.63) is 36.4 Å². The maximum absolute atomic E-state index is 14.5. The van der Waals surface area contributed by atoms with Crippen molar-refractivity contribution in [1.82, 2.24) is 25.2 Å². The maximum Gasteiger partial charge on any atom is 0.405 e. The van der Waals surface area contributed by atoms with E-state index in [2.05, 4.69) is 15.4 Å². The van der Waals surface area contributed by atoms with Gasteiger partial charge in [-0.1, -0.05) is 26.0 Å². The van der Waals surface area contributed by atoms with E-state index >= 15 is 0 Å². The molecule has 2 saturated carbocycles. The third-order valence-electron chi connectivity index (χ3n) is 11.3. The highest BCUT2D eigenvalue weighted by molar-refractivity contribution is 7.91. The molecule has 6 rings (SSSR count). The fourth-order valence-electron chi connectivity index (χ4n) is 7.68. The predicted octanol–water partition coefficient (Wildman–Crippen LogP) is 3.13. The van der Waals surface area contributed by atoms with Gasteiger partial charge in [0.15, 0.2) is 0 Å². The Hall–Kier alpha value is -4.67. The van der Waals surface area contributed by atoms with Crippen LogP contribution >= 0.6 is 0 Å². The van der Waals surface area contributed by atoms with Gasteiger partial charge in [0.2, 0.25) is 27.7 Å². The lowest BCUT2D eigenvalue weighted by atomic mass is 9.88. The summed E-state index contributed by atoms with van der Waals surface area (Å²) in [4.78, 5) is 62.5. The lowest BCUT2D eigenvalue weighted by molar-refractivity contribution is -0.142. The molecule has 2 aromatic rings. The Labute approximate surface area is 314 Å². The molecule has 54 heavy (non-hydrogen) atoms. The number of sulfonamides is 1. The first-order chi connectivity index (χ1) is 25.5. The van der Waals surface area contributed by atoms with E-state index < -0.39 is 80.8 Å². The summed E-state index contributed by atoms with van der Waals surface area (Å²) < 4.78 is 52.4. The SMILES string of the molecule is COc1ccc2c(O[C@@H]3C[C@H]4C(=O)N[C@]5(C(=O)NS(=O)(=O)C6(CF)CC6)C[C@H]5C=CCC[C@@H](C)C[C@@H](C)[C@H](NC(=O)O)C(=O)N4C3)nc(N(C)C)cc2c1. The molecule has 3 heterocycles. The van der Waals surface area contributed by atoms with Crippen molar-refractivity contribution in [2.45, 2.75) is 87.3 Å². The van der Waals surface area contributed by atoms with Crippen molar-refractivity contribution in [2.24, 2.45) is 17.8 Å². The molecule has 1 saturated heterocycles. The van der Waals surface area contributed by atoms with Gasteiger partial charge in [0.1, 0.15) is 46.7 Å². The zero-order chi connectivity index (χ0) is 39.2. The van der Waals surface area contributed by atoms with Crippen molar-refractivity contribution in [1.29, 1.82) is 0 Å². The highest BCUT2D eigenvalue weighted by Gasteiger charge is 2.64. The van der Waals surface area contributed by atoms with Crippen LogP contribution in [0.4, 0.5) is 15.0 Å². The fraction of sp³-hybridized carbons (Fsp3) is 0.595. The normalized spacial score (nSPS) is 29.5. The lowest BCUT2D eigenvalue weighted by Crippen LogP contribution is -2.59.